The summed E-state index contributed by atoms with van der Waals surface area (Å²) in [6.45, 7) is 0. The molecule has 0 spiro atoms. The molecule has 0 atom stereocenters. The zero-order valence-electron chi connectivity index (χ0n) is 8.01. The van der Waals surface area contributed by atoms with E-state index in [9.17, 15) is 0 Å². The molecule has 5 heteroatoms. The number of ether oxygens (including phenoxy) is 1. The van der Waals surface area contributed by atoms with Crippen LogP contribution in [0.3, 0.4) is 0 Å². The number of pyridine rings is 1. The Labute approximate surface area is 91.9 Å². The first-order valence-corrected chi connectivity index (χ1v) is 4.66. The van der Waals surface area contributed by atoms with Crippen molar-refractivity contribution in [2.24, 2.45) is 0 Å². The lowest BCUT2D eigenvalue weighted by Crippen LogP contribution is -1.93. The maximum atomic E-state index is 5.73. The first-order valence-electron chi connectivity index (χ1n) is 4.28. The third-order valence-electron chi connectivity index (χ3n) is 1.90. The van der Waals surface area contributed by atoms with E-state index in [1.807, 2.05) is 12.1 Å². The summed E-state index contributed by atoms with van der Waals surface area (Å²) in [7, 11) is 1.57. The Balaban J connectivity index is 2.56. The van der Waals surface area contributed by atoms with Crippen LogP contribution < -0.4 is 4.74 Å². The number of hydrogen-bond donors (Lipinski definition) is 0. The highest BCUT2D eigenvalue weighted by Crippen LogP contribution is 2.27. The summed E-state index contributed by atoms with van der Waals surface area (Å²) in [5.41, 5.74) is 1.56. The second-order valence-electron chi connectivity index (χ2n) is 2.79. The molecule has 2 rings (SSSR count). The molecule has 0 aliphatic carbocycles. The van der Waals surface area contributed by atoms with Crippen molar-refractivity contribution in [1.29, 1.82) is 0 Å². The maximum absolute atomic E-state index is 5.73. The van der Waals surface area contributed by atoms with Crippen LogP contribution in [0.1, 0.15) is 0 Å². The average molecular weight is 222 g/mol. The first-order chi connectivity index (χ1) is 7.31. The van der Waals surface area contributed by atoms with Gasteiger partial charge in [-0.2, -0.15) is 0 Å². The van der Waals surface area contributed by atoms with Gasteiger partial charge in [0.2, 0.25) is 5.28 Å². The van der Waals surface area contributed by atoms with Crippen LogP contribution in [0.4, 0.5) is 0 Å². The van der Waals surface area contributed by atoms with E-state index in [1.165, 1.54) is 0 Å². The molecule has 2 aromatic rings. The smallest absolute Gasteiger partial charge is 0.223 e. The Morgan fingerprint density at radius 2 is 2.00 bits per heavy atom. The van der Waals surface area contributed by atoms with E-state index >= 15 is 0 Å². The largest absolute Gasteiger partial charge is 0.493 e. The van der Waals surface area contributed by atoms with Gasteiger partial charge in [0.25, 0.3) is 0 Å². The molecule has 0 fully saturated rings. The number of methoxy groups -OCH3 is 1. The lowest BCUT2D eigenvalue weighted by molar-refractivity contribution is 0.412. The summed E-state index contributed by atoms with van der Waals surface area (Å²) in [6.07, 6.45) is 4.92. The normalized spacial score (nSPS) is 10.0. The molecular formula is C10H8ClN3O. The van der Waals surface area contributed by atoms with E-state index in [1.54, 1.807) is 25.7 Å². The SMILES string of the molecule is COc1cnc(Cl)nc1-c1ccncc1. The fourth-order valence-electron chi connectivity index (χ4n) is 1.22. The Bertz CT molecular complexity index is 461. The second kappa shape index (κ2) is 4.23. The summed E-state index contributed by atoms with van der Waals surface area (Å²) >= 11 is 5.73. The minimum absolute atomic E-state index is 0.197. The standard InChI is InChI=1S/C10H8ClN3O/c1-15-8-6-13-10(11)14-9(8)7-2-4-12-5-3-7/h2-6H,1H3. The average Bonchev–Trinajstić information content (AvgIpc) is 2.30. The Kier molecular flexibility index (Phi) is 2.78. The third kappa shape index (κ3) is 2.05. The molecule has 0 radical (unpaired) electrons. The monoisotopic (exact) mass is 221 g/mol. The maximum Gasteiger partial charge on any atom is 0.223 e. The van der Waals surface area contributed by atoms with Crippen LogP contribution in [0.5, 0.6) is 5.75 Å². The lowest BCUT2D eigenvalue weighted by Gasteiger charge is -2.06. The highest BCUT2D eigenvalue weighted by atomic mass is 35.5. The number of nitrogens with zero attached hydrogens (tertiary/aromatic N) is 3. The van der Waals surface area contributed by atoms with Crippen LogP contribution >= 0.6 is 11.6 Å². The third-order valence-corrected chi connectivity index (χ3v) is 2.08. The van der Waals surface area contributed by atoms with Crippen LogP contribution in [-0.4, -0.2) is 22.1 Å². The van der Waals surface area contributed by atoms with Crippen LogP contribution in [0.2, 0.25) is 5.28 Å². The van der Waals surface area contributed by atoms with Crippen molar-refractivity contribution >= 4 is 11.6 Å². The van der Waals surface area contributed by atoms with Gasteiger partial charge < -0.3 is 4.74 Å². The second-order valence-corrected chi connectivity index (χ2v) is 3.13. The van der Waals surface area contributed by atoms with E-state index < -0.39 is 0 Å². The van der Waals surface area contributed by atoms with Crippen molar-refractivity contribution in [2.75, 3.05) is 7.11 Å². The molecule has 0 saturated carbocycles. The van der Waals surface area contributed by atoms with Crippen molar-refractivity contribution in [2.45, 2.75) is 0 Å². The van der Waals surface area contributed by atoms with E-state index in [-0.39, 0.29) is 5.28 Å². The van der Waals surface area contributed by atoms with Gasteiger partial charge in [-0.1, -0.05) is 0 Å². The van der Waals surface area contributed by atoms with Gasteiger partial charge in [0.15, 0.2) is 5.75 Å². The quantitative estimate of drug-likeness (QED) is 0.730. The van der Waals surface area contributed by atoms with Crippen molar-refractivity contribution in [3.05, 3.63) is 36.0 Å². The number of hydrogen-bond acceptors (Lipinski definition) is 4. The van der Waals surface area contributed by atoms with E-state index in [0.29, 0.717) is 11.4 Å². The van der Waals surface area contributed by atoms with Gasteiger partial charge in [-0.15, -0.1) is 0 Å². The van der Waals surface area contributed by atoms with Gasteiger partial charge >= 0.3 is 0 Å². The highest BCUT2D eigenvalue weighted by molar-refractivity contribution is 6.28. The van der Waals surface area contributed by atoms with Crippen molar-refractivity contribution < 1.29 is 4.74 Å². The number of halogens is 1. The van der Waals surface area contributed by atoms with Crippen molar-refractivity contribution in [3.63, 3.8) is 0 Å². The molecule has 76 valence electrons. The zero-order valence-corrected chi connectivity index (χ0v) is 8.77. The fraction of sp³-hybridized carbons (Fsp3) is 0.100. The molecule has 0 N–H and O–H groups in total. The van der Waals surface area contributed by atoms with E-state index in [2.05, 4.69) is 15.0 Å². The van der Waals surface area contributed by atoms with Crippen LogP contribution in [0.25, 0.3) is 11.3 Å². The number of aromatic nitrogens is 3. The van der Waals surface area contributed by atoms with Gasteiger partial charge in [-0.3, -0.25) is 4.98 Å². The molecule has 0 unspecified atom stereocenters. The molecule has 0 aliphatic heterocycles. The van der Waals surface area contributed by atoms with Gasteiger partial charge in [0, 0.05) is 18.0 Å². The van der Waals surface area contributed by atoms with Crippen LogP contribution in [-0.2, 0) is 0 Å². The summed E-state index contributed by atoms with van der Waals surface area (Å²) in [5, 5.41) is 0.197. The molecule has 0 saturated heterocycles. The Hall–Kier alpha value is -1.68. The van der Waals surface area contributed by atoms with E-state index in [4.69, 9.17) is 16.3 Å². The summed E-state index contributed by atoms with van der Waals surface area (Å²) < 4.78 is 5.15. The number of rotatable bonds is 2. The van der Waals surface area contributed by atoms with Crippen molar-refractivity contribution in [1.82, 2.24) is 15.0 Å². The fourth-order valence-corrected chi connectivity index (χ4v) is 1.35. The molecule has 15 heavy (non-hydrogen) atoms. The van der Waals surface area contributed by atoms with Gasteiger partial charge in [-0.25, -0.2) is 9.97 Å². The summed E-state index contributed by atoms with van der Waals surface area (Å²) in [4.78, 5) is 11.9. The molecule has 0 aliphatic rings. The molecular weight excluding hydrogens is 214 g/mol. The minimum Gasteiger partial charge on any atom is -0.493 e. The van der Waals surface area contributed by atoms with Gasteiger partial charge in [0.05, 0.1) is 13.3 Å². The zero-order chi connectivity index (χ0) is 10.7. The molecule has 0 bridgehead atoms. The Morgan fingerprint density at radius 3 is 2.67 bits per heavy atom. The predicted octanol–water partition coefficient (Wildman–Crippen LogP) is 2.20. The lowest BCUT2D eigenvalue weighted by atomic mass is 10.2. The van der Waals surface area contributed by atoms with Gasteiger partial charge in [0.1, 0.15) is 5.69 Å². The van der Waals surface area contributed by atoms with Gasteiger partial charge in [-0.05, 0) is 23.7 Å². The molecule has 0 amide bonds. The van der Waals surface area contributed by atoms with E-state index in [0.717, 1.165) is 5.56 Å². The molecule has 2 heterocycles. The van der Waals surface area contributed by atoms with Crippen LogP contribution in [0.15, 0.2) is 30.7 Å². The van der Waals surface area contributed by atoms with Crippen LogP contribution in [0, 0.1) is 0 Å². The topological polar surface area (TPSA) is 47.9 Å². The highest BCUT2D eigenvalue weighted by Gasteiger charge is 2.08. The predicted molar refractivity (Wildman–Crippen MR) is 56.8 cm³/mol. The van der Waals surface area contributed by atoms with Crippen molar-refractivity contribution in [3.8, 4) is 17.0 Å². The molecule has 2 aromatic heterocycles. The first kappa shape index (κ1) is 9.86. The molecule has 4 nitrogen and oxygen atoms in total. The summed E-state index contributed by atoms with van der Waals surface area (Å²) in [5.74, 6) is 0.589. The summed E-state index contributed by atoms with van der Waals surface area (Å²) in [6, 6.07) is 3.67. The Morgan fingerprint density at radius 1 is 1.27 bits per heavy atom. The minimum atomic E-state index is 0.197. The molecule has 0 aromatic carbocycles.